The first-order chi connectivity index (χ1) is 8.06. The number of hydrogen-bond acceptors (Lipinski definition) is 1. The van der Waals surface area contributed by atoms with Gasteiger partial charge in [-0.3, -0.25) is 0 Å². The average molecular weight is 231 g/mol. The molecule has 0 spiro atoms. The molecule has 1 nitrogen and oxygen atoms in total. The number of hydrogen-bond donors (Lipinski definition) is 1. The van der Waals surface area contributed by atoms with E-state index in [0.717, 1.165) is 0 Å². The SMILES string of the molecule is CC(C)(C)N[C@H]1CCCC[C@@H]1c1ccccc1. The van der Waals surface area contributed by atoms with E-state index in [-0.39, 0.29) is 5.54 Å². The van der Waals surface area contributed by atoms with Crippen LogP contribution in [0, 0.1) is 0 Å². The summed E-state index contributed by atoms with van der Waals surface area (Å²) < 4.78 is 0. The second kappa shape index (κ2) is 5.22. The van der Waals surface area contributed by atoms with E-state index in [2.05, 4.69) is 56.4 Å². The first kappa shape index (κ1) is 12.6. The predicted octanol–water partition coefficient (Wildman–Crippen LogP) is 4.10. The fourth-order valence-corrected chi connectivity index (χ4v) is 2.96. The summed E-state index contributed by atoms with van der Waals surface area (Å²) in [5, 5.41) is 3.81. The lowest BCUT2D eigenvalue weighted by molar-refractivity contribution is 0.265. The number of rotatable bonds is 2. The summed E-state index contributed by atoms with van der Waals surface area (Å²) in [4.78, 5) is 0. The Bertz CT molecular complexity index is 336. The maximum Gasteiger partial charge on any atom is 0.0141 e. The molecule has 2 rings (SSSR count). The van der Waals surface area contributed by atoms with Crippen molar-refractivity contribution in [2.75, 3.05) is 0 Å². The quantitative estimate of drug-likeness (QED) is 0.808. The molecule has 94 valence electrons. The highest BCUT2D eigenvalue weighted by atomic mass is 15.0. The monoisotopic (exact) mass is 231 g/mol. The van der Waals surface area contributed by atoms with Crippen molar-refractivity contribution < 1.29 is 0 Å². The molecule has 1 aromatic carbocycles. The predicted molar refractivity (Wildman–Crippen MR) is 74.3 cm³/mol. The molecule has 1 aromatic rings. The van der Waals surface area contributed by atoms with Crippen LogP contribution in [-0.4, -0.2) is 11.6 Å². The van der Waals surface area contributed by atoms with E-state index in [1.807, 2.05) is 0 Å². The van der Waals surface area contributed by atoms with Gasteiger partial charge in [0.15, 0.2) is 0 Å². The fraction of sp³-hybridized carbons (Fsp3) is 0.625. The first-order valence-corrected chi connectivity index (χ1v) is 6.89. The molecule has 17 heavy (non-hydrogen) atoms. The molecule has 0 amide bonds. The van der Waals surface area contributed by atoms with Gasteiger partial charge in [0.25, 0.3) is 0 Å². The Kier molecular flexibility index (Phi) is 3.88. The summed E-state index contributed by atoms with van der Waals surface area (Å²) in [6, 6.07) is 11.7. The zero-order valence-electron chi connectivity index (χ0n) is 11.4. The Morgan fingerprint density at radius 1 is 1.00 bits per heavy atom. The van der Waals surface area contributed by atoms with Gasteiger partial charge in [-0.1, -0.05) is 43.2 Å². The van der Waals surface area contributed by atoms with E-state index >= 15 is 0 Å². The van der Waals surface area contributed by atoms with Crippen LogP contribution < -0.4 is 5.32 Å². The highest BCUT2D eigenvalue weighted by Gasteiger charge is 2.28. The Balaban J connectivity index is 2.13. The van der Waals surface area contributed by atoms with Crippen molar-refractivity contribution in [1.82, 2.24) is 5.32 Å². The normalized spacial score (nSPS) is 25.8. The molecule has 0 unspecified atom stereocenters. The van der Waals surface area contributed by atoms with Gasteiger partial charge >= 0.3 is 0 Å². The minimum atomic E-state index is 0.217. The lowest BCUT2D eigenvalue weighted by atomic mass is 9.79. The van der Waals surface area contributed by atoms with Crippen molar-refractivity contribution >= 4 is 0 Å². The molecule has 1 fully saturated rings. The van der Waals surface area contributed by atoms with Gasteiger partial charge in [-0.2, -0.15) is 0 Å². The minimum Gasteiger partial charge on any atom is -0.309 e. The van der Waals surface area contributed by atoms with Crippen LogP contribution in [0.5, 0.6) is 0 Å². The van der Waals surface area contributed by atoms with E-state index in [9.17, 15) is 0 Å². The van der Waals surface area contributed by atoms with Crippen molar-refractivity contribution in [2.24, 2.45) is 0 Å². The van der Waals surface area contributed by atoms with Crippen LogP contribution in [0.4, 0.5) is 0 Å². The van der Waals surface area contributed by atoms with Crippen LogP contribution >= 0.6 is 0 Å². The molecule has 2 atom stereocenters. The second-order valence-electron chi connectivity index (χ2n) is 6.30. The summed E-state index contributed by atoms with van der Waals surface area (Å²) in [6.45, 7) is 6.80. The van der Waals surface area contributed by atoms with Crippen molar-refractivity contribution in [3.8, 4) is 0 Å². The second-order valence-corrected chi connectivity index (χ2v) is 6.30. The van der Waals surface area contributed by atoms with Crippen LogP contribution in [0.15, 0.2) is 30.3 Å². The Labute approximate surface area is 106 Å². The van der Waals surface area contributed by atoms with Crippen LogP contribution in [-0.2, 0) is 0 Å². The molecular formula is C16H25N. The summed E-state index contributed by atoms with van der Waals surface area (Å²) in [6.07, 6.45) is 5.40. The third-order valence-electron chi connectivity index (χ3n) is 3.61. The third-order valence-corrected chi connectivity index (χ3v) is 3.61. The summed E-state index contributed by atoms with van der Waals surface area (Å²) in [5.41, 5.74) is 1.73. The van der Waals surface area contributed by atoms with E-state index in [0.29, 0.717) is 12.0 Å². The molecule has 1 aliphatic rings. The molecule has 0 aromatic heterocycles. The van der Waals surface area contributed by atoms with Crippen LogP contribution in [0.2, 0.25) is 0 Å². The fourth-order valence-electron chi connectivity index (χ4n) is 2.96. The molecule has 0 bridgehead atoms. The van der Waals surface area contributed by atoms with Crippen molar-refractivity contribution in [1.29, 1.82) is 0 Å². The maximum absolute atomic E-state index is 3.81. The van der Waals surface area contributed by atoms with Gasteiger partial charge in [-0.25, -0.2) is 0 Å². The van der Waals surface area contributed by atoms with Crippen molar-refractivity contribution in [3.05, 3.63) is 35.9 Å². The van der Waals surface area contributed by atoms with Crippen LogP contribution in [0.3, 0.4) is 0 Å². The molecule has 0 radical (unpaired) electrons. The van der Waals surface area contributed by atoms with Crippen molar-refractivity contribution in [3.63, 3.8) is 0 Å². The molecule has 1 aliphatic carbocycles. The van der Waals surface area contributed by atoms with E-state index < -0.39 is 0 Å². The molecule has 1 heteroatoms. The van der Waals surface area contributed by atoms with Gasteiger partial charge in [0.1, 0.15) is 0 Å². The molecular weight excluding hydrogens is 206 g/mol. The van der Waals surface area contributed by atoms with Gasteiger partial charge in [0, 0.05) is 11.6 Å². The molecule has 1 N–H and O–H groups in total. The summed E-state index contributed by atoms with van der Waals surface area (Å²) >= 11 is 0. The number of benzene rings is 1. The smallest absolute Gasteiger partial charge is 0.0141 e. The van der Waals surface area contributed by atoms with Gasteiger partial charge in [-0.05, 0) is 45.1 Å². The first-order valence-electron chi connectivity index (χ1n) is 6.89. The largest absolute Gasteiger partial charge is 0.309 e. The molecule has 0 heterocycles. The highest BCUT2D eigenvalue weighted by Crippen LogP contribution is 2.33. The van der Waals surface area contributed by atoms with Gasteiger partial charge < -0.3 is 5.32 Å². The summed E-state index contributed by atoms with van der Waals surface area (Å²) in [7, 11) is 0. The molecule has 1 saturated carbocycles. The van der Waals surface area contributed by atoms with Crippen LogP contribution in [0.25, 0.3) is 0 Å². The Morgan fingerprint density at radius 2 is 1.65 bits per heavy atom. The third kappa shape index (κ3) is 3.57. The topological polar surface area (TPSA) is 12.0 Å². The Hall–Kier alpha value is -0.820. The maximum atomic E-state index is 3.81. The van der Waals surface area contributed by atoms with Crippen molar-refractivity contribution in [2.45, 2.75) is 64.0 Å². The Morgan fingerprint density at radius 3 is 2.29 bits per heavy atom. The molecule has 0 saturated heterocycles. The van der Waals surface area contributed by atoms with Gasteiger partial charge in [-0.15, -0.1) is 0 Å². The lowest BCUT2D eigenvalue weighted by Crippen LogP contribution is -2.47. The standard InChI is InChI=1S/C16H25N/c1-16(2,3)17-15-12-8-7-11-14(15)13-9-5-4-6-10-13/h4-6,9-10,14-15,17H,7-8,11-12H2,1-3H3/t14-,15+/m1/s1. The highest BCUT2D eigenvalue weighted by molar-refractivity contribution is 5.22. The lowest BCUT2D eigenvalue weighted by Gasteiger charge is -2.37. The van der Waals surface area contributed by atoms with E-state index in [1.54, 1.807) is 0 Å². The van der Waals surface area contributed by atoms with Crippen LogP contribution in [0.1, 0.15) is 57.9 Å². The molecule has 0 aliphatic heterocycles. The number of nitrogens with one attached hydrogen (secondary N) is 1. The zero-order chi connectivity index (χ0) is 12.3. The van der Waals surface area contributed by atoms with E-state index in [1.165, 1.54) is 31.2 Å². The summed E-state index contributed by atoms with van der Waals surface area (Å²) in [5.74, 6) is 0.698. The zero-order valence-corrected chi connectivity index (χ0v) is 11.4. The van der Waals surface area contributed by atoms with Gasteiger partial charge in [0.05, 0.1) is 0 Å². The average Bonchev–Trinajstić information content (AvgIpc) is 2.29. The minimum absolute atomic E-state index is 0.217. The van der Waals surface area contributed by atoms with Gasteiger partial charge in [0.2, 0.25) is 0 Å². The van der Waals surface area contributed by atoms with E-state index in [4.69, 9.17) is 0 Å².